The summed E-state index contributed by atoms with van der Waals surface area (Å²) in [6, 6.07) is 15.0. The van der Waals surface area contributed by atoms with Crippen molar-refractivity contribution in [1.82, 2.24) is 5.32 Å². The number of benzene rings is 2. The Labute approximate surface area is 137 Å². The zero-order chi connectivity index (χ0) is 16.9. The molecular weight excluding hydrogens is 290 g/mol. The Morgan fingerprint density at radius 2 is 1.91 bits per heavy atom. The van der Waals surface area contributed by atoms with Gasteiger partial charge in [0.15, 0.2) is 0 Å². The Morgan fingerprint density at radius 3 is 2.57 bits per heavy atom. The molecule has 0 aromatic heterocycles. The van der Waals surface area contributed by atoms with Crippen LogP contribution in [0.4, 0.5) is 0 Å². The average Bonchev–Trinajstić information content (AvgIpc) is 2.54. The number of hydrogen-bond donors (Lipinski definition) is 2. The third kappa shape index (κ3) is 4.57. The molecule has 0 saturated carbocycles. The monoisotopic (exact) mass is 313 g/mol. The molecule has 0 aliphatic carbocycles. The highest BCUT2D eigenvalue weighted by molar-refractivity contribution is 5.77. The van der Waals surface area contributed by atoms with Crippen LogP contribution in [-0.4, -0.2) is 18.1 Å². The molecule has 1 unspecified atom stereocenters. The van der Waals surface area contributed by atoms with Crippen molar-refractivity contribution >= 4 is 5.91 Å². The number of hydrogen-bond acceptors (Lipinski definition) is 3. The summed E-state index contributed by atoms with van der Waals surface area (Å²) in [6.07, 6.45) is 0.00515. The maximum atomic E-state index is 12.2. The van der Waals surface area contributed by atoms with Crippen LogP contribution in [0.5, 0.6) is 5.75 Å². The maximum Gasteiger partial charge on any atom is 0.223 e. The molecule has 2 aromatic carbocycles. The van der Waals surface area contributed by atoms with E-state index in [-0.39, 0.29) is 12.3 Å². The summed E-state index contributed by atoms with van der Waals surface area (Å²) in [7, 11) is 1.61. The summed E-state index contributed by atoms with van der Waals surface area (Å²) in [5, 5.41) is 13.3. The van der Waals surface area contributed by atoms with E-state index in [1.54, 1.807) is 14.0 Å². The fourth-order valence-electron chi connectivity index (χ4n) is 2.47. The second kappa shape index (κ2) is 7.29. The zero-order valence-corrected chi connectivity index (χ0v) is 13.8. The van der Waals surface area contributed by atoms with Gasteiger partial charge < -0.3 is 15.2 Å². The molecule has 0 heterocycles. The van der Waals surface area contributed by atoms with Crippen LogP contribution in [0.2, 0.25) is 0 Å². The lowest BCUT2D eigenvalue weighted by Crippen LogP contribution is -2.32. The lowest BCUT2D eigenvalue weighted by atomic mass is 9.92. The number of carbonyl (C=O) groups is 1. The van der Waals surface area contributed by atoms with E-state index in [0.29, 0.717) is 6.54 Å². The standard InChI is InChI=1S/C19H23NO3/c1-14-9-10-15(17(11-14)23-3)13-20-18(21)12-19(2,22)16-7-5-4-6-8-16/h4-11,22H,12-13H2,1-3H3,(H,20,21). The van der Waals surface area contributed by atoms with Crippen molar-refractivity contribution in [1.29, 1.82) is 0 Å². The molecule has 23 heavy (non-hydrogen) atoms. The summed E-state index contributed by atoms with van der Waals surface area (Å²) in [4.78, 5) is 12.2. The van der Waals surface area contributed by atoms with Crippen LogP contribution in [0.25, 0.3) is 0 Å². The first-order chi connectivity index (χ1) is 10.9. The van der Waals surface area contributed by atoms with Crippen LogP contribution in [0.1, 0.15) is 30.0 Å². The van der Waals surface area contributed by atoms with Gasteiger partial charge in [-0.1, -0.05) is 42.5 Å². The smallest absolute Gasteiger partial charge is 0.223 e. The van der Waals surface area contributed by atoms with E-state index in [0.717, 1.165) is 22.4 Å². The second-order valence-electron chi connectivity index (χ2n) is 5.91. The number of nitrogens with one attached hydrogen (secondary N) is 1. The summed E-state index contributed by atoms with van der Waals surface area (Å²) in [5.74, 6) is 0.543. The van der Waals surface area contributed by atoms with E-state index in [1.807, 2.05) is 55.5 Å². The van der Waals surface area contributed by atoms with Crippen LogP contribution < -0.4 is 10.1 Å². The Morgan fingerprint density at radius 1 is 1.22 bits per heavy atom. The van der Waals surface area contributed by atoms with Gasteiger partial charge in [-0.2, -0.15) is 0 Å². The summed E-state index contributed by atoms with van der Waals surface area (Å²) >= 11 is 0. The highest BCUT2D eigenvalue weighted by Crippen LogP contribution is 2.24. The van der Waals surface area contributed by atoms with Gasteiger partial charge in [-0.05, 0) is 31.0 Å². The van der Waals surface area contributed by atoms with Crippen LogP contribution in [0.15, 0.2) is 48.5 Å². The van der Waals surface area contributed by atoms with Crippen LogP contribution in [0.3, 0.4) is 0 Å². The predicted molar refractivity (Wildman–Crippen MR) is 90.2 cm³/mol. The maximum absolute atomic E-state index is 12.2. The van der Waals surface area contributed by atoms with Gasteiger partial charge in [-0.25, -0.2) is 0 Å². The lowest BCUT2D eigenvalue weighted by molar-refractivity contribution is -0.126. The van der Waals surface area contributed by atoms with Gasteiger partial charge in [0.1, 0.15) is 5.75 Å². The molecule has 4 nitrogen and oxygen atoms in total. The molecule has 1 atom stereocenters. The number of carbonyl (C=O) groups excluding carboxylic acids is 1. The molecule has 0 bridgehead atoms. The van der Waals surface area contributed by atoms with Gasteiger partial charge in [0, 0.05) is 12.1 Å². The molecule has 0 saturated heterocycles. The van der Waals surface area contributed by atoms with E-state index in [9.17, 15) is 9.90 Å². The fraction of sp³-hybridized carbons (Fsp3) is 0.316. The highest BCUT2D eigenvalue weighted by atomic mass is 16.5. The van der Waals surface area contributed by atoms with Crippen molar-refractivity contribution in [2.24, 2.45) is 0 Å². The Kier molecular flexibility index (Phi) is 5.40. The van der Waals surface area contributed by atoms with Crippen LogP contribution in [-0.2, 0) is 16.9 Å². The summed E-state index contributed by atoms with van der Waals surface area (Å²) in [6.45, 7) is 4.00. The Hall–Kier alpha value is -2.33. The topological polar surface area (TPSA) is 58.6 Å². The molecule has 0 radical (unpaired) electrons. The molecule has 4 heteroatoms. The summed E-state index contributed by atoms with van der Waals surface area (Å²) < 4.78 is 5.33. The van der Waals surface area contributed by atoms with Crippen molar-refractivity contribution in [3.05, 3.63) is 65.2 Å². The fourth-order valence-corrected chi connectivity index (χ4v) is 2.47. The Bertz CT molecular complexity index is 666. The van der Waals surface area contributed by atoms with E-state index in [2.05, 4.69) is 5.32 Å². The highest BCUT2D eigenvalue weighted by Gasteiger charge is 2.26. The molecule has 2 aromatic rings. The van der Waals surface area contributed by atoms with E-state index in [4.69, 9.17) is 4.74 Å². The quantitative estimate of drug-likeness (QED) is 0.862. The summed E-state index contributed by atoms with van der Waals surface area (Å²) in [5.41, 5.74) is 1.54. The van der Waals surface area contributed by atoms with Gasteiger partial charge >= 0.3 is 0 Å². The van der Waals surface area contributed by atoms with E-state index >= 15 is 0 Å². The SMILES string of the molecule is COc1cc(C)ccc1CNC(=O)CC(C)(O)c1ccccc1. The minimum absolute atomic E-state index is 0.00515. The van der Waals surface area contributed by atoms with Gasteiger partial charge in [-0.3, -0.25) is 4.79 Å². The number of ether oxygens (including phenoxy) is 1. The number of aryl methyl sites for hydroxylation is 1. The van der Waals surface area contributed by atoms with Gasteiger partial charge in [0.25, 0.3) is 0 Å². The molecule has 0 fully saturated rings. The first kappa shape index (κ1) is 17.0. The third-order valence-electron chi connectivity index (χ3n) is 3.82. The molecule has 0 aliphatic rings. The molecule has 1 amide bonds. The van der Waals surface area contributed by atoms with Crippen LogP contribution in [0, 0.1) is 6.92 Å². The minimum Gasteiger partial charge on any atom is -0.496 e. The molecule has 2 N–H and O–H groups in total. The molecule has 0 aliphatic heterocycles. The first-order valence-corrected chi connectivity index (χ1v) is 7.60. The predicted octanol–water partition coefficient (Wildman–Crippen LogP) is 2.92. The van der Waals surface area contributed by atoms with Gasteiger partial charge in [0.2, 0.25) is 5.91 Å². The van der Waals surface area contributed by atoms with E-state index < -0.39 is 5.60 Å². The second-order valence-corrected chi connectivity index (χ2v) is 5.91. The first-order valence-electron chi connectivity index (χ1n) is 7.60. The van der Waals surface area contributed by atoms with Crippen molar-refractivity contribution < 1.29 is 14.6 Å². The number of amides is 1. The number of methoxy groups -OCH3 is 1. The molecular formula is C19H23NO3. The molecule has 2 rings (SSSR count). The largest absolute Gasteiger partial charge is 0.496 e. The lowest BCUT2D eigenvalue weighted by Gasteiger charge is -2.23. The Balaban J connectivity index is 1.98. The normalized spacial score (nSPS) is 13.2. The molecule has 122 valence electrons. The van der Waals surface area contributed by atoms with Gasteiger partial charge in [0.05, 0.1) is 19.1 Å². The minimum atomic E-state index is -1.19. The van der Waals surface area contributed by atoms with Gasteiger partial charge in [-0.15, -0.1) is 0 Å². The van der Waals surface area contributed by atoms with Crippen molar-refractivity contribution in [2.45, 2.75) is 32.4 Å². The van der Waals surface area contributed by atoms with Crippen molar-refractivity contribution in [3.63, 3.8) is 0 Å². The zero-order valence-electron chi connectivity index (χ0n) is 13.8. The van der Waals surface area contributed by atoms with Crippen LogP contribution >= 0.6 is 0 Å². The van der Waals surface area contributed by atoms with Crippen molar-refractivity contribution in [2.75, 3.05) is 7.11 Å². The number of aliphatic hydroxyl groups is 1. The van der Waals surface area contributed by atoms with Crippen molar-refractivity contribution in [3.8, 4) is 5.75 Å². The van der Waals surface area contributed by atoms with E-state index in [1.165, 1.54) is 0 Å². The third-order valence-corrected chi connectivity index (χ3v) is 3.82. The average molecular weight is 313 g/mol. The molecule has 0 spiro atoms. The number of rotatable bonds is 6.